The quantitative estimate of drug-likeness (QED) is 0.822. The molecule has 0 saturated heterocycles. The molecular formula is C15H19BrFNO2. The smallest absolute Gasteiger partial charge is 0.255 e. The van der Waals surface area contributed by atoms with E-state index in [4.69, 9.17) is 0 Å². The number of halogens is 2. The first-order valence-electron chi connectivity index (χ1n) is 6.94. The lowest BCUT2D eigenvalue weighted by molar-refractivity contribution is 0.0934. The number of phenolic OH excluding ortho intramolecular Hbond substituents is 1. The number of hydrogen-bond acceptors (Lipinski definition) is 2. The van der Waals surface area contributed by atoms with Crippen molar-refractivity contribution in [2.45, 2.75) is 25.7 Å². The second-order valence-corrected chi connectivity index (χ2v) is 5.98. The van der Waals surface area contributed by atoms with Gasteiger partial charge in [0.05, 0.1) is 5.56 Å². The highest BCUT2D eigenvalue weighted by Gasteiger charge is 2.25. The molecule has 1 fully saturated rings. The van der Waals surface area contributed by atoms with Crippen LogP contribution in [0.3, 0.4) is 0 Å². The Morgan fingerprint density at radius 1 is 1.35 bits per heavy atom. The summed E-state index contributed by atoms with van der Waals surface area (Å²) < 4.78 is 13.1. The zero-order valence-electron chi connectivity index (χ0n) is 11.2. The van der Waals surface area contributed by atoms with Crippen LogP contribution in [0.1, 0.15) is 36.0 Å². The summed E-state index contributed by atoms with van der Waals surface area (Å²) in [5, 5.41) is 13.4. The fourth-order valence-corrected chi connectivity index (χ4v) is 3.62. The van der Waals surface area contributed by atoms with Gasteiger partial charge in [-0.3, -0.25) is 4.79 Å². The second-order valence-electron chi connectivity index (χ2n) is 5.33. The maximum atomic E-state index is 13.1. The summed E-state index contributed by atoms with van der Waals surface area (Å²) >= 11 is 3.52. The van der Waals surface area contributed by atoms with Gasteiger partial charge in [0.25, 0.3) is 5.91 Å². The Bertz CT molecular complexity index is 481. The van der Waals surface area contributed by atoms with E-state index >= 15 is 0 Å². The van der Waals surface area contributed by atoms with Gasteiger partial charge in [0.2, 0.25) is 0 Å². The molecule has 2 unspecified atom stereocenters. The SMILES string of the molecule is O=C(NCC1CCCCC1CBr)c1cc(F)ccc1O. The lowest BCUT2D eigenvalue weighted by Gasteiger charge is -2.30. The van der Waals surface area contributed by atoms with Crippen molar-refractivity contribution in [3.63, 3.8) is 0 Å². The van der Waals surface area contributed by atoms with Gasteiger partial charge in [-0.25, -0.2) is 4.39 Å². The molecule has 0 heterocycles. The Morgan fingerprint density at radius 3 is 2.75 bits per heavy atom. The van der Waals surface area contributed by atoms with Gasteiger partial charge >= 0.3 is 0 Å². The van der Waals surface area contributed by atoms with Gasteiger partial charge in [0.1, 0.15) is 11.6 Å². The van der Waals surface area contributed by atoms with E-state index in [9.17, 15) is 14.3 Å². The van der Waals surface area contributed by atoms with Crippen molar-refractivity contribution in [1.82, 2.24) is 5.32 Å². The van der Waals surface area contributed by atoms with Crippen molar-refractivity contribution >= 4 is 21.8 Å². The van der Waals surface area contributed by atoms with E-state index in [-0.39, 0.29) is 11.3 Å². The number of nitrogens with one attached hydrogen (secondary N) is 1. The summed E-state index contributed by atoms with van der Waals surface area (Å²) in [5.41, 5.74) is -0.00352. The number of carbonyl (C=O) groups excluding carboxylic acids is 1. The van der Waals surface area contributed by atoms with Gasteiger partial charge in [-0.2, -0.15) is 0 Å². The molecule has 2 atom stereocenters. The fourth-order valence-electron chi connectivity index (χ4n) is 2.77. The van der Waals surface area contributed by atoms with Gasteiger partial charge in [-0.15, -0.1) is 0 Å². The number of alkyl halides is 1. The molecule has 2 N–H and O–H groups in total. The Labute approximate surface area is 126 Å². The van der Waals surface area contributed by atoms with Crippen molar-refractivity contribution in [3.05, 3.63) is 29.6 Å². The number of amides is 1. The molecule has 1 saturated carbocycles. The molecule has 1 aliphatic rings. The Kier molecular flexibility index (Phi) is 5.40. The Balaban J connectivity index is 1.96. The van der Waals surface area contributed by atoms with Crippen molar-refractivity contribution in [2.75, 3.05) is 11.9 Å². The summed E-state index contributed by atoms with van der Waals surface area (Å²) in [5.74, 6) is -0.109. The van der Waals surface area contributed by atoms with Gasteiger partial charge in [-0.1, -0.05) is 28.8 Å². The molecule has 1 aromatic carbocycles. The van der Waals surface area contributed by atoms with Crippen LogP contribution in [-0.4, -0.2) is 22.9 Å². The highest BCUT2D eigenvalue weighted by molar-refractivity contribution is 9.09. The van der Waals surface area contributed by atoms with E-state index in [0.717, 1.165) is 23.9 Å². The van der Waals surface area contributed by atoms with E-state index in [1.165, 1.54) is 25.3 Å². The van der Waals surface area contributed by atoms with Crippen LogP contribution in [0.2, 0.25) is 0 Å². The lowest BCUT2D eigenvalue weighted by atomic mass is 9.80. The maximum Gasteiger partial charge on any atom is 0.255 e. The summed E-state index contributed by atoms with van der Waals surface area (Å²) in [6, 6.07) is 3.40. The van der Waals surface area contributed by atoms with Crippen molar-refractivity contribution < 1.29 is 14.3 Å². The summed E-state index contributed by atoms with van der Waals surface area (Å²) in [6.07, 6.45) is 4.71. The largest absolute Gasteiger partial charge is 0.507 e. The van der Waals surface area contributed by atoms with Gasteiger partial charge in [-0.05, 0) is 42.9 Å². The van der Waals surface area contributed by atoms with Crippen LogP contribution in [0.4, 0.5) is 4.39 Å². The minimum atomic E-state index is -0.524. The number of hydrogen-bond donors (Lipinski definition) is 2. The van der Waals surface area contributed by atoms with Crippen LogP contribution in [0, 0.1) is 17.7 Å². The molecule has 1 amide bonds. The summed E-state index contributed by atoms with van der Waals surface area (Å²) in [4.78, 5) is 12.0. The van der Waals surface area contributed by atoms with Gasteiger partial charge in [0, 0.05) is 11.9 Å². The molecule has 110 valence electrons. The van der Waals surface area contributed by atoms with Crippen molar-refractivity contribution in [1.29, 1.82) is 0 Å². The Hall–Kier alpha value is -1.10. The minimum absolute atomic E-state index is 0.00352. The number of benzene rings is 1. The standard InChI is InChI=1S/C15H19BrFNO2/c16-8-10-3-1-2-4-11(10)9-18-15(20)13-7-12(17)5-6-14(13)19/h5-7,10-11,19H,1-4,8-9H2,(H,18,20). The molecule has 0 aromatic heterocycles. The minimum Gasteiger partial charge on any atom is -0.507 e. The van der Waals surface area contributed by atoms with Crippen molar-refractivity contribution in [2.24, 2.45) is 11.8 Å². The summed E-state index contributed by atoms with van der Waals surface area (Å²) in [7, 11) is 0. The molecule has 5 heteroatoms. The van der Waals surface area contributed by atoms with Crippen LogP contribution < -0.4 is 5.32 Å². The van der Waals surface area contributed by atoms with Crippen LogP contribution in [0.15, 0.2) is 18.2 Å². The van der Waals surface area contributed by atoms with Crippen LogP contribution in [0.5, 0.6) is 5.75 Å². The highest BCUT2D eigenvalue weighted by atomic mass is 79.9. The van der Waals surface area contributed by atoms with E-state index in [1.54, 1.807) is 0 Å². The zero-order chi connectivity index (χ0) is 14.5. The van der Waals surface area contributed by atoms with Crippen LogP contribution in [0.25, 0.3) is 0 Å². The molecule has 1 aliphatic carbocycles. The van der Waals surface area contributed by atoms with Crippen LogP contribution in [-0.2, 0) is 0 Å². The van der Waals surface area contributed by atoms with Gasteiger partial charge < -0.3 is 10.4 Å². The van der Waals surface area contributed by atoms with Gasteiger partial charge in [0.15, 0.2) is 0 Å². The third kappa shape index (κ3) is 3.72. The van der Waals surface area contributed by atoms with Crippen molar-refractivity contribution in [3.8, 4) is 5.75 Å². The molecular weight excluding hydrogens is 325 g/mol. The molecule has 2 rings (SSSR count). The van der Waals surface area contributed by atoms with E-state index in [1.807, 2.05) is 0 Å². The number of carbonyl (C=O) groups is 1. The third-order valence-corrected chi connectivity index (χ3v) is 4.82. The molecule has 1 aromatic rings. The number of rotatable bonds is 4. The normalized spacial score (nSPS) is 22.5. The van der Waals surface area contributed by atoms with Crippen LogP contribution >= 0.6 is 15.9 Å². The zero-order valence-corrected chi connectivity index (χ0v) is 12.8. The Morgan fingerprint density at radius 2 is 2.05 bits per heavy atom. The summed E-state index contributed by atoms with van der Waals surface area (Å²) in [6.45, 7) is 0.574. The number of aromatic hydroxyl groups is 1. The molecule has 20 heavy (non-hydrogen) atoms. The predicted molar refractivity (Wildman–Crippen MR) is 79.6 cm³/mol. The third-order valence-electron chi connectivity index (χ3n) is 3.99. The molecule has 0 radical (unpaired) electrons. The first-order valence-corrected chi connectivity index (χ1v) is 8.06. The molecule has 3 nitrogen and oxygen atoms in total. The van der Waals surface area contributed by atoms with E-state index in [2.05, 4.69) is 21.2 Å². The average Bonchev–Trinajstić information content (AvgIpc) is 2.47. The molecule has 0 spiro atoms. The average molecular weight is 344 g/mol. The van der Waals surface area contributed by atoms with E-state index in [0.29, 0.717) is 18.4 Å². The number of phenols is 1. The lowest BCUT2D eigenvalue weighted by Crippen LogP contribution is -2.34. The predicted octanol–water partition coefficient (Wildman–Crippen LogP) is 3.46. The second kappa shape index (κ2) is 7.07. The fraction of sp³-hybridized carbons (Fsp3) is 0.533. The maximum absolute atomic E-state index is 13.1. The first-order chi connectivity index (χ1) is 9.61. The molecule has 0 aliphatic heterocycles. The molecule has 0 bridgehead atoms. The van der Waals surface area contributed by atoms with E-state index < -0.39 is 11.7 Å². The topological polar surface area (TPSA) is 49.3 Å². The highest BCUT2D eigenvalue weighted by Crippen LogP contribution is 2.31. The first kappa shape index (κ1) is 15.3. The monoisotopic (exact) mass is 343 g/mol.